The van der Waals surface area contributed by atoms with Gasteiger partial charge in [0, 0.05) is 17.1 Å². The fraction of sp³-hybridized carbons (Fsp3) is 0.182. The molecule has 0 spiro atoms. The highest BCUT2D eigenvalue weighted by molar-refractivity contribution is 6.30. The van der Waals surface area contributed by atoms with E-state index in [9.17, 15) is 9.59 Å². The maximum atomic E-state index is 12.8. The lowest BCUT2D eigenvalue weighted by Gasteiger charge is -2.09. The smallest absolute Gasteiger partial charge is 0.264 e. The second kappa shape index (κ2) is 8.51. The fourth-order valence-corrected chi connectivity index (χ4v) is 3.44. The maximum absolute atomic E-state index is 12.8. The molecule has 4 rings (SSSR count). The van der Waals surface area contributed by atoms with Crippen LogP contribution in [0.3, 0.4) is 0 Å². The van der Waals surface area contributed by atoms with Gasteiger partial charge in [0.1, 0.15) is 11.7 Å². The Labute approximate surface area is 177 Å². The molecule has 1 N–H and O–H groups in total. The van der Waals surface area contributed by atoms with E-state index in [0.29, 0.717) is 41.3 Å². The Kier molecular flexibility index (Phi) is 5.63. The van der Waals surface area contributed by atoms with Gasteiger partial charge in [0.25, 0.3) is 11.5 Å². The first kappa shape index (κ1) is 19.8. The van der Waals surface area contributed by atoms with Gasteiger partial charge in [-0.3, -0.25) is 14.2 Å². The highest BCUT2D eigenvalue weighted by Crippen LogP contribution is 2.11. The van der Waals surface area contributed by atoms with E-state index in [2.05, 4.69) is 15.4 Å². The first-order valence-corrected chi connectivity index (χ1v) is 9.90. The van der Waals surface area contributed by atoms with E-state index in [-0.39, 0.29) is 11.5 Å². The molecule has 0 atom stereocenters. The van der Waals surface area contributed by atoms with E-state index in [1.807, 2.05) is 31.2 Å². The minimum atomic E-state index is -0.220. The van der Waals surface area contributed by atoms with Crippen LogP contribution in [0.5, 0.6) is 0 Å². The van der Waals surface area contributed by atoms with Crippen molar-refractivity contribution in [1.82, 2.24) is 24.6 Å². The Bertz CT molecular complexity index is 1280. The summed E-state index contributed by atoms with van der Waals surface area (Å²) in [5.41, 5.74) is 3.04. The van der Waals surface area contributed by atoms with Gasteiger partial charge in [0.05, 0.1) is 19.3 Å². The molecule has 0 radical (unpaired) electrons. The van der Waals surface area contributed by atoms with Crippen LogP contribution in [0, 0.1) is 6.92 Å². The fourth-order valence-electron chi connectivity index (χ4n) is 3.25. The van der Waals surface area contributed by atoms with Crippen molar-refractivity contribution in [3.05, 3.63) is 93.1 Å². The monoisotopic (exact) mass is 421 g/mol. The van der Waals surface area contributed by atoms with Crippen molar-refractivity contribution in [2.24, 2.45) is 0 Å². The van der Waals surface area contributed by atoms with Gasteiger partial charge in [0.2, 0.25) is 0 Å². The molecular weight excluding hydrogens is 402 g/mol. The second-order valence-corrected chi connectivity index (χ2v) is 7.41. The normalized spacial score (nSPS) is 11.0. The molecule has 0 saturated heterocycles. The number of hydrogen-bond donors (Lipinski definition) is 1. The van der Waals surface area contributed by atoms with E-state index < -0.39 is 0 Å². The van der Waals surface area contributed by atoms with E-state index in [1.54, 1.807) is 39.8 Å². The predicted octanol–water partition coefficient (Wildman–Crippen LogP) is 3.03. The van der Waals surface area contributed by atoms with Gasteiger partial charge in [-0.2, -0.15) is 5.10 Å². The molecule has 4 aromatic rings. The average molecular weight is 422 g/mol. The molecule has 30 heavy (non-hydrogen) atoms. The molecule has 0 saturated carbocycles. The van der Waals surface area contributed by atoms with E-state index in [0.717, 1.165) is 11.1 Å². The molecule has 1 amide bonds. The molecule has 152 valence electrons. The predicted molar refractivity (Wildman–Crippen MR) is 116 cm³/mol. The molecule has 0 bridgehead atoms. The third kappa shape index (κ3) is 4.11. The lowest BCUT2D eigenvalue weighted by molar-refractivity contribution is 0.0952. The van der Waals surface area contributed by atoms with E-state index in [4.69, 9.17) is 11.6 Å². The van der Waals surface area contributed by atoms with Crippen LogP contribution in [0.25, 0.3) is 11.0 Å². The highest BCUT2D eigenvalue weighted by atomic mass is 35.5. The number of benzene rings is 2. The summed E-state index contributed by atoms with van der Waals surface area (Å²) in [7, 11) is 0. The topological polar surface area (TPSA) is 81.8 Å². The zero-order valence-corrected chi connectivity index (χ0v) is 17.1. The SMILES string of the molecule is Cc1ccccc1Cn1cnc2c(cnn2CCNC(=O)c2cccc(Cl)c2)c1=O. The van der Waals surface area contributed by atoms with Gasteiger partial charge in [-0.25, -0.2) is 9.67 Å². The van der Waals surface area contributed by atoms with Crippen LogP contribution in [0.1, 0.15) is 21.5 Å². The van der Waals surface area contributed by atoms with Gasteiger partial charge in [-0.15, -0.1) is 0 Å². The lowest BCUT2D eigenvalue weighted by Crippen LogP contribution is -2.27. The number of aromatic nitrogens is 4. The van der Waals surface area contributed by atoms with Gasteiger partial charge in [0.15, 0.2) is 5.65 Å². The van der Waals surface area contributed by atoms with Crippen molar-refractivity contribution in [2.75, 3.05) is 6.54 Å². The molecule has 8 heteroatoms. The van der Waals surface area contributed by atoms with Crippen molar-refractivity contribution in [3.8, 4) is 0 Å². The Morgan fingerprint density at radius 1 is 1.17 bits per heavy atom. The minimum Gasteiger partial charge on any atom is -0.350 e. The van der Waals surface area contributed by atoms with Crippen LogP contribution in [0.2, 0.25) is 5.02 Å². The summed E-state index contributed by atoms with van der Waals surface area (Å²) in [5, 5.41) is 8.06. The molecular formula is C22H20ClN5O2. The molecule has 7 nitrogen and oxygen atoms in total. The van der Waals surface area contributed by atoms with Crippen molar-refractivity contribution in [2.45, 2.75) is 20.0 Å². The molecule has 0 unspecified atom stereocenters. The van der Waals surface area contributed by atoms with Crippen LogP contribution in [-0.2, 0) is 13.1 Å². The van der Waals surface area contributed by atoms with Gasteiger partial charge < -0.3 is 5.32 Å². The number of nitrogens with one attached hydrogen (secondary N) is 1. The lowest BCUT2D eigenvalue weighted by atomic mass is 10.1. The number of hydrogen-bond acceptors (Lipinski definition) is 4. The third-order valence-electron chi connectivity index (χ3n) is 4.92. The molecule has 2 heterocycles. The highest BCUT2D eigenvalue weighted by Gasteiger charge is 2.12. The third-order valence-corrected chi connectivity index (χ3v) is 5.16. The Hall–Kier alpha value is -3.45. The van der Waals surface area contributed by atoms with Gasteiger partial charge in [-0.05, 0) is 36.2 Å². The first-order chi connectivity index (χ1) is 14.5. The first-order valence-electron chi connectivity index (χ1n) is 9.52. The molecule has 2 aromatic carbocycles. The molecule has 0 aliphatic carbocycles. The summed E-state index contributed by atoms with van der Waals surface area (Å²) in [5.74, 6) is -0.220. The van der Waals surface area contributed by atoms with Crippen molar-refractivity contribution >= 4 is 28.5 Å². The van der Waals surface area contributed by atoms with Crippen molar-refractivity contribution < 1.29 is 4.79 Å². The second-order valence-electron chi connectivity index (χ2n) is 6.98. The maximum Gasteiger partial charge on any atom is 0.264 e. The molecule has 0 aliphatic heterocycles. The standard InChI is InChI=1S/C22H20ClN5O2/c1-15-5-2-3-6-17(15)13-27-14-25-20-19(22(27)30)12-26-28(20)10-9-24-21(29)16-7-4-8-18(23)11-16/h2-8,11-12,14H,9-10,13H2,1H3,(H,24,29). The summed E-state index contributed by atoms with van der Waals surface area (Å²) < 4.78 is 3.20. The Morgan fingerprint density at radius 3 is 2.80 bits per heavy atom. The largest absolute Gasteiger partial charge is 0.350 e. The van der Waals surface area contributed by atoms with Crippen LogP contribution in [0.15, 0.2) is 65.8 Å². The summed E-state index contributed by atoms with van der Waals surface area (Å²) in [6, 6.07) is 14.7. The number of carbonyl (C=O) groups is 1. The summed E-state index contributed by atoms with van der Waals surface area (Å²) in [6.07, 6.45) is 3.07. The molecule has 0 aliphatic rings. The van der Waals surface area contributed by atoms with Gasteiger partial charge in [-0.1, -0.05) is 41.9 Å². The quantitative estimate of drug-likeness (QED) is 0.518. The Balaban J connectivity index is 1.47. The van der Waals surface area contributed by atoms with Crippen LogP contribution in [-0.4, -0.2) is 31.8 Å². The van der Waals surface area contributed by atoms with Crippen molar-refractivity contribution in [3.63, 3.8) is 0 Å². The van der Waals surface area contributed by atoms with Gasteiger partial charge >= 0.3 is 0 Å². The minimum absolute atomic E-state index is 0.141. The summed E-state index contributed by atoms with van der Waals surface area (Å²) >= 11 is 5.92. The van der Waals surface area contributed by atoms with Crippen LogP contribution in [0.4, 0.5) is 0 Å². The Morgan fingerprint density at radius 2 is 2.00 bits per heavy atom. The zero-order valence-electron chi connectivity index (χ0n) is 16.4. The number of rotatable bonds is 6. The average Bonchev–Trinajstić information content (AvgIpc) is 3.15. The number of carbonyl (C=O) groups excluding carboxylic acids is 1. The van der Waals surface area contributed by atoms with Crippen molar-refractivity contribution in [1.29, 1.82) is 0 Å². The molecule has 2 aromatic heterocycles. The number of fused-ring (bicyclic) bond motifs is 1. The number of amides is 1. The molecule has 0 fully saturated rings. The van der Waals surface area contributed by atoms with E-state index in [1.165, 1.54) is 6.20 Å². The number of halogens is 1. The van der Waals surface area contributed by atoms with Crippen LogP contribution >= 0.6 is 11.6 Å². The zero-order chi connectivity index (χ0) is 21.1. The summed E-state index contributed by atoms with van der Waals surface area (Å²) in [4.78, 5) is 29.5. The number of aryl methyl sites for hydroxylation is 1. The van der Waals surface area contributed by atoms with Crippen LogP contribution < -0.4 is 10.9 Å². The van der Waals surface area contributed by atoms with E-state index >= 15 is 0 Å². The summed E-state index contributed by atoms with van der Waals surface area (Å²) in [6.45, 7) is 3.21. The number of nitrogens with zero attached hydrogens (tertiary/aromatic N) is 4.